The molecular formula is C10H11NO4. The van der Waals surface area contributed by atoms with Gasteiger partial charge in [0, 0.05) is 0 Å². The lowest BCUT2D eigenvalue weighted by Gasteiger charge is -2.04. The molecule has 1 N–H and O–H groups in total. The van der Waals surface area contributed by atoms with Crippen molar-refractivity contribution >= 4 is 12.1 Å². The van der Waals surface area contributed by atoms with E-state index >= 15 is 0 Å². The minimum absolute atomic E-state index is 0.217. The summed E-state index contributed by atoms with van der Waals surface area (Å²) in [6, 6.07) is 8.32. The van der Waals surface area contributed by atoms with Crippen molar-refractivity contribution in [2.45, 2.75) is 6.92 Å². The van der Waals surface area contributed by atoms with Gasteiger partial charge in [-0.3, -0.25) is 0 Å². The first-order valence-electron chi connectivity index (χ1n) is 4.43. The number of carbonyl (C=O) groups is 2. The molecule has 1 aromatic carbocycles. The van der Waals surface area contributed by atoms with Gasteiger partial charge in [0.1, 0.15) is 0 Å². The summed E-state index contributed by atoms with van der Waals surface area (Å²) in [5.74, 6) is -0.636. The van der Waals surface area contributed by atoms with Gasteiger partial charge in [0.05, 0.1) is 12.2 Å². The van der Waals surface area contributed by atoms with Gasteiger partial charge in [0.2, 0.25) is 0 Å². The molecule has 0 aliphatic rings. The number of hydroxylamine groups is 1. The van der Waals surface area contributed by atoms with Gasteiger partial charge in [0.15, 0.2) is 0 Å². The van der Waals surface area contributed by atoms with Crippen LogP contribution in [0.4, 0.5) is 4.79 Å². The molecule has 0 atom stereocenters. The summed E-state index contributed by atoms with van der Waals surface area (Å²) in [5.41, 5.74) is 2.23. The van der Waals surface area contributed by atoms with Crippen LogP contribution in [0.2, 0.25) is 0 Å². The van der Waals surface area contributed by atoms with E-state index in [1.54, 1.807) is 37.3 Å². The Bertz CT molecular complexity index is 337. The third kappa shape index (κ3) is 3.68. The molecule has 0 saturated carbocycles. The minimum atomic E-state index is -0.790. The number of carbonyl (C=O) groups excluding carboxylic acids is 2. The van der Waals surface area contributed by atoms with Crippen molar-refractivity contribution in [1.82, 2.24) is 5.48 Å². The molecule has 15 heavy (non-hydrogen) atoms. The highest BCUT2D eigenvalue weighted by Gasteiger charge is 2.08. The van der Waals surface area contributed by atoms with Crippen LogP contribution in [0, 0.1) is 0 Å². The summed E-state index contributed by atoms with van der Waals surface area (Å²) in [4.78, 5) is 26.5. The molecule has 0 saturated heterocycles. The lowest BCUT2D eigenvalue weighted by Crippen LogP contribution is -2.27. The van der Waals surface area contributed by atoms with Crippen molar-refractivity contribution < 1.29 is 19.2 Å². The molecule has 0 aromatic heterocycles. The fourth-order valence-corrected chi connectivity index (χ4v) is 0.882. The standard InChI is InChI=1S/C10H11NO4/c1-2-14-10(13)11-15-9(12)8-6-4-3-5-7-8/h3-7H,2H2,1H3,(H,11,13). The van der Waals surface area contributed by atoms with Crippen molar-refractivity contribution in [3.8, 4) is 0 Å². The van der Waals surface area contributed by atoms with Gasteiger partial charge >= 0.3 is 12.1 Å². The van der Waals surface area contributed by atoms with Gasteiger partial charge in [-0.15, -0.1) is 5.48 Å². The Hall–Kier alpha value is -2.04. The fraction of sp³-hybridized carbons (Fsp3) is 0.200. The quantitative estimate of drug-likeness (QED) is 0.750. The molecule has 5 heteroatoms. The number of amides is 1. The lowest BCUT2D eigenvalue weighted by atomic mass is 10.2. The molecule has 5 nitrogen and oxygen atoms in total. The van der Waals surface area contributed by atoms with Crippen molar-refractivity contribution in [2.24, 2.45) is 0 Å². The average Bonchev–Trinajstić information content (AvgIpc) is 2.27. The maximum absolute atomic E-state index is 11.3. The molecule has 1 aromatic rings. The average molecular weight is 209 g/mol. The van der Waals surface area contributed by atoms with Crippen molar-refractivity contribution in [3.05, 3.63) is 35.9 Å². The smallest absolute Gasteiger partial charge is 0.440 e. The van der Waals surface area contributed by atoms with Crippen LogP contribution in [-0.2, 0) is 9.57 Å². The van der Waals surface area contributed by atoms with E-state index in [0.717, 1.165) is 0 Å². The Kier molecular flexibility index (Phi) is 4.15. The van der Waals surface area contributed by atoms with Crippen LogP contribution < -0.4 is 5.48 Å². The van der Waals surface area contributed by atoms with E-state index in [4.69, 9.17) is 0 Å². The molecule has 0 aliphatic carbocycles. The van der Waals surface area contributed by atoms with Gasteiger partial charge < -0.3 is 9.57 Å². The molecule has 1 amide bonds. The van der Waals surface area contributed by atoms with Crippen LogP contribution in [-0.4, -0.2) is 18.7 Å². The lowest BCUT2D eigenvalue weighted by molar-refractivity contribution is 0.0215. The van der Waals surface area contributed by atoms with Crippen LogP contribution in [0.3, 0.4) is 0 Å². The van der Waals surface area contributed by atoms with E-state index in [2.05, 4.69) is 9.57 Å². The van der Waals surface area contributed by atoms with Gasteiger partial charge in [-0.2, -0.15) is 0 Å². The summed E-state index contributed by atoms with van der Waals surface area (Å²) in [6.07, 6.45) is -0.790. The third-order valence-electron chi connectivity index (χ3n) is 1.51. The monoisotopic (exact) mass is 209 g/mol. The zero-order chi connectivity index (χ0) is 11.1. The Morgan fingerprint density at radius 1 is 1.27 bits per heavy atom. The summed E-state index contributed by atoms with van der Waals surface area (Å²) < 4.78 is 4.50. The van der Waals surface area contributed by atoms with Crippen LogP contribution in [0.25, 0.3) is 0 Å². The molecule has 0 spiro atoms. The fourth-order valence-electron chi connectivity index (χ4n) is 0.882. The van der Waals surface area contributed by atoms with Crippen molar-refractivity contribution in [2.75, 3.05) is 6.61 Å². The predicted molar refractivity (Wildman–Crippen MR) is 52.0 cm³/mol. The third-order valence-corrected chi connectivity index (χ3v) is 1.51. The normalized spacial score (nSPS) is 9.13. The Morgan fingerprint density at radius 3 is 2.53 bits per heavy atom. The Labute approximate surface area is 86.9 Å². The zero-order valence-electron chi connectivity index (χ0n) is 8.23. The second kappa shape index (κ2) is 5.64. The van der Waals surface area contributed by atoms with E-state index in [1.807, 2.05) is 5.48 Å². The van der Waals surface area contributed by atoms with Gasteiger partial charge in [-0.05, 0) is 19.1 Å². The van der Waals surface area contributed by atoms with E-state index in [1.165, 1.54) is 0 Å². The number of benzene rings is 1. The first-order chi connectivity index (χ1) is 7.24. The summed E-state index contributed by atoms with van der Waals surface area (Å²) in [6.45, 7) is 1.87. The van der Waals surface area contributed by atoms with Gasteiger partial charge in [0.25, 0.3) is 0 Å². The molecule has 0 heterocycles. The molecule has 0 unspecified atom stereocenters. The molecule has 0 bridgehead atoms. The SMILES string of the molecule is CCOC(=O)NOC(=O)c1ccccc1. The Balaban J connectivity index is 2.40. The molecule has 1 rings (SSSR count). The number of rotatable bonds is 2. The Morgan fingerprint density at radius 2 is 1.93 bits per heavy atom. The molecule has 0 radical (unpaired) electrons. The van der Waals surface area contributed by atoms with Crippen LogP contribution in [0.1, 0.15) is 17.3 Å². The summed E-state index contributed by atoms with van der Waals surface area (Å²) >= 11 is 0. The minimum Gasteiger partial charge on any atom is -0.448 e. The molecule has 0 aliphatic heterocycles. The van der Waals surface area contributed by atoms with Gasteiger partial charge in [-0.1, -0.05) is 18.2 Å². The highest BCUT2D eigenvalue weighted by atomic mass is 16.7. The zero-order valence-corrected chi connectivity index (χ0v) is 8.23. The van der Waals surface area contributed by atoms with Crippen LogP contribution in [0.15, 0.2) is 30.3 Å². The summed E-state index contributed by atoms with van der Waals surface area (Å²) in [7, 11) is 0. The van der Waals surface area contributed by atoms with E-state index < -0.39 is 12.1 Å². The van der Waals surface area contributed by atoms with E-state index in [0.29, 0.717) is 5.56 Å². The number of nitrogens with one attached hydrogen (secondary N) is 1. The topological polar surface area (TPSA) is 64.6 Å². The second-order valence-electron chi connectivity index (χ2n) is 2.58. The molecule has 80 valence electrons. The van der Waals surface area contributed by atoms with Crippen LogP contribution >= 0.6 is 0 Å². The molecular weight excluding hydrogens is 198 g/mol. The number of ether oxygens (including phenoxy) is 1. The van der Waals surface area contributed by atoms with Crippen molar-refractivity contribution in [3.63, 3.8) is 0 Å². The second-order valence-corrected chi connectivity index (χ2v) is 2.58. The van der Waals surface area contributed by atoms with E-state index in [9.17, 15) is 9.59 Å². The van der Waals surface area contributed by atoms with Gasteiger partial charge in [-0.25, -0.2) is 9.59 Å². The van der Waals surface area contributed by atoms with Crippen molar-refractivity contribution in [1.29, 1.82) is 0 Å². The number of hydrogen-bond acceptors (Lipinski definition) is 4. The highest BCUT2D eigenvalue weighted by molar-refractivity contribution is 5.89. The first-order valence-corrected chi connectivity index (χ1v) is 4.43. The highest BCUT2D eigenvalue weighted by Crippen LogP contribution is 1.99. The summed E-state index contributed by atoms with van der Waals surface area (Å²) in [5, 5.41) is 0. The maximum atomic E-state index is 11.3. The molecule has 0 fully saturated rings. The van der Waals surface area contributed by atoms with Crippen LogP contribution in [0.5, 0.6) is 0 Å². The first kappa shape index (κ1) is 11.0. The predicted octanol–water partition coefficient (Wildman–Crippen LogP) is 1.50. The van der Waals surface area contributed by atoms with E-state index in [-0.39, 0.29) is 6.61 Å². The number of hydrogen-bond donors (Lipinski definition) is 1. The maximum Gasteiger partial charge on any atom is 0.440 e. The largest absolute Gasteiger partial charge is 0.448 e.